The lowest BCUT2D eigenvalue weighted by Crippen LogP contribution is -2.19. The van der Waals surface area contributed by atoms with Crippen LogP contribution in [0.5, 0.6) is 0 Å². The molecule has 0 fully saturated rings. The first kappa shape index (κ1) is 8.27. The fraction of sp³-hybridized carbons (Fsp3) is 0.625. The van der Waals surface area contributed by atoms with Crippen molar-refractivity contribution in [3.05, 3.63) is 18.0 Å². The minimum Gasteiger partial charge on any atom is -0.315 e. The molecule has 0 aromatic carbocycles. The molecule has 1 heterocycles. The Kier molecular flexibility index (Phi) is 3.11. The molecule has 0 atom stereocenters. The monoisotopic (exact) mass is 153 g/mol. The molecule has 0 spiro atoms. The lowest BCUT2D eigenvalue weighted by Gasteiger charge is -2.00. The van der Waals surface area contributed by atoms with Gasteiger partial charge in [-0.05, 0) is 19.5 Å². The molecule has 1 aromatic rings. The van der Waals surface area contributed by atoms with Gasteiger partial charge in [-0.25, -0.2) is 0 Å². The number of likely N-dealkylation sites (N-methyl/N-ethyl adjacent to an activating group) is 1. The van der Waals surface area contributed by atoms with E-state index in [1.165, 1.54) is 0 Å². The molecule has 0 radical (unpaired) electrons. The molecule has 0 aliphatic heterocycles. The number of hydrogen-bond acceptors (Lipinski definition) is 2. The van der Waals surface area contributed by atoms with Crippen LogP contribution in [0.2, 0.25) is 0 Å². The van der Waals surface area contributed by atoms with Gasteiger partial charge < -0.3 is 5.32 Å². The molecule has 0 amide bonds. The van der Waals surface area contributed by atoms with E-state index in [4.69, 9.17) is 0 Å². The van der Waals surface area contributed by atoms with Crippen LogP contribution in [0, 0.1) is 6.92 Å². The SMILES string of the molecule is CCNCCn1ccc(C)n1. The number of rotatable bonds is 4. The van der Waals surface area contributed by atoms with Crippen molar-refractivity contribution in [3.63, 3.8) is 0 Å². The molecule has 0 bridgehead atoms. The van der Waals surface area contributed by atoms with Gasteiger partial charge in [0.15, 0.2) is 0 Å². The Hall–Kier alpha value is -0.830. The van der Waals surface area contributed by atoms with Crippen molar-refractivity contribution < 1.29 is 0 Å². The smallest absolute Gasteiger partial charge is 0.0593 e. The summed E-state index contributed by atoms with van der Waals surface area (Å²) in [6, 6.07) is 2.02. The first-order chi connectivity index (χ1) is 5.33. The molecular formula is C8H15N3. The molecule has 3 heteroatoms. The molecule has 0 aliphatic rings. The molecule has 1 aromatic heterocycles. The second kappa shape index (κ2) is 4.13. The van der Waals surface area contributed by atoms with Crippen LogP contribution in [0.4, 0.5) is 0 Å². The van der Waals surface area contributed by atoms with Gasteiger partial charge in [0.2, 0.25) is 0 Å². The Morgan fingerprint density at radius 1 is 1.64 bits per heavy atom. The van der Waals surface area contributed by atoms with E-state index in [2.05, 4.69) is 17.3 Å². The van der Waals surface area contributed by atoms with Crippen LogP contribution < -0.4 is 5.32 Å². The summed E-state index contributed by atoms with van der Waals surface area (Å²) in [7, 11) is 0. The van der Waals surface area contributed by atoms with Crippen molar-refractivity contribution >= 4 is 0 Å². The Labute approximate surface area is 67.4 Å². The highest BCUT2D eigenvalue weighted by Gasteiger charge is 1.91. The third-order valence-electron chi connectivity index (χ3n) is 1.54. The van der Waals surface area contributed by atoms with E-state index < -0.39 is 0 Å². The van der Waals surface area contributed by atoms with Gasteiger partial charge in [0.25, 0.3) is 0 Å². The van der Waals surface area contributed by atoms with Crippen LogP contribution >= 0.6 is 0 Å². The van der Waals surface area contributed by atoms with Crippen LogP contribution in [0.25, 0.3) is 0 Å². The van der Waals surface area contributed by atoms with E-state index in [-0.39, 0.29) is 0 Å². The quantitative estimate of drug-likeness (QED) is 0.648. The van der Waals surface area contributed by atoms with E-state index in [0.717, 1.165) is 25.3 Å². The minimum absolute atomic E-state index is 0.960. The maximum absolute atomic E-state index is 4.26. The number of hydrogen-bond donors (Lipinski definition) is 1. The summed E-state index contributed by atoms with van der Waals surface area (Å²) in [5.41, 5.74) is 1.08. The second-order valence-corrected chi connectivity index (χ2v) is 2.57. The summed E-state index contributed by atoms with van der Waals surface area (Å²) < 4.78 is 1.96. The van der Waals surface area contributed by atoms with E-state index in [0.29, 0.717) is 0 Å². The van der Waals surface area contributed by atoms with E-state index in [9.17, 15) is 0 Å². The molecule has 0 unspecified atom stereocenters. The van der Waals surface area contributed by atoms with Gasteiger partial charge in [0.05, 0.1) is 12.2 Å². The average Bonchev–Trinajstić information content (AvgIpc) is 2.37. The maximum atomic E-state index is 4.26. The molecular weight excluding hydrogens is 138 g/mol. The summed E-state index contributed by atoms with van der Waals surface area (Å²) in [6.45, 7) is 7.09. The lowest BCUT2D eigenvalue weighted by molar-refractivity contribution is 0.562. The van der Waals surface area contributed by atoms with E-state index in [1.807, 2.05) is 23.9 Å². The molecule has 62 valence electrons. The van der Waals surface area contributed by atoms with Gasteiger partial charge >= 0.3 is 0 Å². The Balaban J connectivity index is 2.27. The summed E-state index contributed by atoms with van der Waals surface area (Å²) in [4.78, 5) is 0. The van der Waals surface area contributed by atoms with Crippen molar-refractivity contribution in [2.45, 2.75) is 20.4 Å². The number of nitrogens with one attached hydrogen (secondary N) is 1. The predicted octanol–water partition coefficient (Wildman–Crippen LogP) is 0.801. The highest BCUT2D eigenvalue weighted by atomic mass is 15.3. The van der Waals surface area contributed by atoms with Crippen LogP contribution in [-0.2, 0) is 6.54 Å². The minimum atomic E-state index is 0.960. The Morgan fingerprint density at radius 3 is 3.00 bits per heavy atom. The summed E-state index contributed by atoms with van der Waals surface area (Å²) in [6.07, 6.45) is 2.01. The summed E-state index contributed by atoms with van der Waals surface area (Å²) in [5.74, 6) is 0. The Morgan fingerprint density at radius 2 is 2.45 bits per heavy atom. The zero-order valence-corrected chi connectivity index (χ0v) is 7.17. The Bertz CT molecular complexity index is 205. The fourth-order valence-electron chi connectivity index (χ4n) is 0.958. The maximum Gasteiger partial charge on any atom is 0.0593 e. The molecule has 0 saturated carbocycles. The van der Waals surface area contributed by atoms with Gasteiger partial charge in [-0.15, -0.1) is 0 Å². The highest BCUT2D eigenvalue weighted by molar-refractivity contribution is 4.94. The molecule has 0 aliphatic carbocycles. The first-order valence-corrected chi connectivity index (χ1v) is 4.03. The van der Waals surface area contributed by atoms with Crippen molar-refractivity contribution in [1.29, 1.82) is 0 Å². The van der Waals surface area contributed by atoms with Crippen LogP contribution in [0.15, 0.2) is 12.3 Å². The van der Waals surface area contributed by atoms with E-state index >= 15 is 0 Å². The number of aromatic nitrogens is 2. The number of nitrogens with zero attached hydrogens (tertiary/aromatic N) is 2. The van der Waals surface area contributed by atoms with Gasteiger partial charge in [0, 0.05) is 12.7 Å². The molecule has 1 N–H and O–H groups in total. The zero-order chi connectivity index (χ0) is 8.10. The zero-order valence-electron chi connectivity index (χ0n) is 7.17. The van der Waals surface area contributed by atoms with Crippen molar-refractivity contribution in [1.82, 2.24) is 15.1 Å². The predicted molar refractivity (Wildman–Crippen MR) is 45.5 cm³/mol. The third kappa shape index (κ3) is 2.72. The topological polar surface area (TPSA) is 29.9 Å². The largest absolute Gasteiger partial charge is 0.315 e. The normalized spacial score (nSPS) is 10.4. The van der Waals surface area contributed by atoms with Gasteiger partial charge in [-0.1, -0.05) is 6.92 Å². The molecule has 0 saturated heterocycles. The first-order valence-electron chi connectivity index (χ1n) is 4.03. The summed E-state index contributed by atoms with van der Waals surface area (Å²) >= 11 is 0. The third-order valence-corrected chi connectivity index (χ3v) is 1.54. The van der Waals surface area contributed by atoms with Crippen molar-refractivity contribution in [2.75, 3.05) is 13.1 Å². The standard InChI is InChI=1S/C8H15N3/c1-3-9-5-7-11-6-4-8(2)10-11/h4,6,9H,3,5,7H2,1-2H3. The van der Waals surface area contributed by atoms with Crippen LogP contribution in [-0.4, -0.2) is 22.9 Å². The fourth-order valence-corrected chi connectivity index (χ4v) is 0.958. The second-order valence-electron chi connectivity index (χ2n) is 2.57. The van der Waals surface area contributed by atoms with Gasteiger partial charge in [-0.3, -0.25) is 4.68 Å². The molecule has 1 rings (SSSR count). The molecule has 3 nitrogen and oxygen atoms in total. The van der Waals surface area contributed by atoms with Crippen LogP contribution in [0.1, 0.15) is 12.6 Å². The summed E-state index contributed by atoms with van der Waals surface area (Å²) in [5, 5.41) is 7.50. The molecule has 11 heavy (non-hydrogen) atoms. The van der Waals surface area contributed by atoms with Gasteiger partial charge in [0.1, 0.15) is 0 Å². The van der Waals surface area contributed by atoms with Crippen molar-refractivity contribution in [2.24, 2.45) is 0 Å². The lowest BCUT2D eigenvalue weighted by atomic mass is 10.5. The van der Waals surface area contributed by atoms with Crippen LogP contribution in [0.3, 0.4) is 0 Å². The average molecular weight is 153 g/mol. The number of aryl methyl sites for hydroxylation is 1. The van der Waals surface area contributed by atoms with E-state index in [1.54, 1.807) is 0 Å². The van der Waals surface area contributed by atoms with Gasteiger partial charge in [-0.2, -0.15) is 5.10 Å². The van der Waals surface area contributed by atoms with Crippen molar-refractivity contribution in [3.8, 4) is 0 Å². The highest BCUT2D eigenvalue weighted by Crippen LogP contribution is 1.90.